The molecular weight excluding hydrogens is 316 g/mol. The van der Waals surface area contributed by atoms with Crippen LogP contribution in [0.4, 0.5) is 0 Å². The number of benzene rings is 2. The molecule has 4 heteroatoms. The van der Waals surface area contributed by atoms with Gasteiger partial charge in [-0.15, -0.1) is 0 Å². The average molecular weight is 336 g/mol. The molecule has 0 atom stereocenters. The molecule has 1 aliphatic rings. The molecule has 0 N–H and O–H groups in total. The molecule has 0 aliphatic heterocycles. The minimum Gasteiger partial charge on any atom is -0.488 e. The molecule has 0 saturated heterocycles. The molecule has 128 valence electrons. The van der Waals surface area contributed by atoms with E-state index in [4.69, 9.17) is 9.47 Å². The SMILES string of the molecule is CCOC(=O)C=Cc1ccc(OCc2ccccc2)c2c1CCC2=O. The van der Waals surface area contributed by atoms with Crippen molar-refractivity contribution in [3.8, 4) is 5.75 Å². The standard InChI is InChI=1S/C21H20O4/c1-2-24-20(23)13-9-16-8-12-19(21-17(16)10-11-18(21)22)25-14-15-6-4-3-5-7-15/h3-9,12-13H,2,10-11,14H2,1H3. The summed E-state index contributed by atoms with van der Waals surface area (Å²) in [7, 11) is 0. The molecule has 0 aromatic heterocycles. The molecule has 0 spiro atoms. The first-order valence-corrected chi connectivity index (χ1v) is 8.39. The predicted molar refractivity (Wildman–Crippen MR) is 95.5 cm³/mol. The lowest BCUT2D eigenvalue weighted by molar-refractivity contribution is -0.137. The van der Waals surface area contributed by atoms with Gasteiger partial charge in [0.05, 0.1) is 12.2 Å². The van der Waals surface area contributed by atoms with Gasteiger partial charge >= 0.3 is 5.97 Å². The number of ketones is 1. The Kier molecular flexibility index (Phi) is 5.29. The van der Waals surface area contributed by atoms with Crippen LogP contribution in [0, 0.1) is 0 Å². The Morgan fingerprint density at radius 2 is 1.92 bits per heavy atom. The highest BCUT2D eigenvalue weighted by Crippen LogP contribution is 2.34. The van der Waals surface area contributed by atoms with Gasteiger partial charge in [0, 0.05) is 12.5 Å². The molecule has 0 unspecified atom stereocenters. The first-order valence-electron chi connectivity index (χ1n) is 8.39. The number of fused-ring (bicyclic) bond motifs is 1. The third-order valence-electron chi connectivity index (χ3n) is 4.11. The predicted octanol–water partition coefficient (Wildman–Crippen LogP) is 3.97. The Morgan fingerprint density at radius 3 is 2.68 bits per heavy atom. The fraction of sp³-hybridized carbons (Fsp3) is 0.238. The van der Waals surface area contributed by atoms with Crippen LogP contribution in [0.5, 0.6) is 5.75 Å². The lowest BCUT2D eigenvalue weighted by Crippen LogP contribution is -2.03. The quantitative estimate of drug-likeness (QED) is 0.592. The summed E-state index contributed by atoms with van der Waals surface area (Å²) in [5.74, 6) is 0.309. The molecular formula is C21H20O4. The molecule has 0 saturated carbocycles. The number of hydrogen-bond acceptors (Lipinski definition) is 4. The third-order valence-corrected chi connectivity index (χ3v) is 4.11. The van der Waals surface area contributed by atoms with Crippen molar-refractivity contribution in [2.45, 2.75) is 26.4 Å². The Bertz CT molecular complexity index is 806. The van der Waals surface area contributed by atoms with E-state index < -0.39 is 0 Å². The average Bonchev–Trinajstić information content (AvgIpc) is 3.02. The highest BCUT2D eigenvalue weighted by atomic mass is 16.5. The lowest BCUT2D eigenvalue weighted by atomic mass is 10.0. The Balaban J connectivity index is 1.83. The monoisotopic (exact) mass is 336 g/mol. The molecule has 0 amide bonds. The van der Waals surface area contributed by atoms with E-state index in [1.165, 1.54) is 6.08 Å². The molecule has 0 heterocycles. The van der Waals surface area contributed by atoms with Crippen molar-refractivity contribution in [1.82, 2.24) is 0 Å². The smallest absolute Gasteiger partial charge is 0.330 e. The highest BCUT2D eigenvalue weighted by molar-refractivity contribution is 6.04. The van der Waals surface area contributed by atoms with Crippen molar-refractivity contribution in [2.24, 2.45) is 0 Å². The van der Waals surface area contributed by atoms with Gasteiger partial charge in [0.2, 0.25) is 0 Å². The van der Waals surface area contributed by atoms with Gasteiger partial charge < -0.3 is 9.47 Å². The summed E-state index contributed by atoms with van der Waals surface area (Å²) < 4.78 is 10.8. The summed E-state index contributed by atoms with van der Waals surface area (Å²) in [5, 5.41) is 0. The van der Waals surface area contributed by atoms with E-state index in [-0.39, 0.29) is 11.8 Å². The van der Waals surface area contributed by atoms with E-state index in [2.05, 4.69) is 0 Å². The molecule has 1 aliphatic carbocycles. The second kappa shape index (κ2) is 7.79. The molecule has 2 aromatic carbocycles. The highest BCUT2D eigenvalue weighted by Gasteiger charge is 2.26. The minimum atomic E-state index is -0.384. The first-order chi connectivity index (χ1) is 12.2. The maximum Gasteiger partial charge on any atom is 0.330 e. The van der Waals surface area contributed by atoms with Crippen LogP contribution in [-0.4, -0.2) is 18.4 Å². The second-order valence-electron chi connectivity index (χ2n) is 5.79. The fourth-order valence-corrected chi connectivity index (χ4v) is 2.94. The van der Waals surface area contributed by atoms with Crippen molar-refractivity contribution in [2.75, 3.05) is 6.61 Å². The van der Waals surface area contributed by atoms with Gasteiger partial charge in [0.15, 0.2) is 5.78 Å². The van der Waals surface area contributed by atoms with Gasteiger partial charge in [-0.05, 0) is 42.2 Å². The van der Waals surface area contributed by atoms with Crippen LogP contribution in [0.2, 0.25) is 0 Å². The van der Waals surface area contributed by atoms with Gasteiger partial charge in [0.25, 0.3) is 0 Å². The van der Waals surface area contributed by atoms with Crippen molar-refractivity contribution >= 4 is 17.8 Å². The van der Waals surface area contributed by atoms with Crippen molar-refractivity contribution in [3.63, 3.8) is 0 Å². The molecule has 0 fully saturated rings. The number of rotatable bonds is 6. The molecule has 0 bridgehead atoms. The van der Waals surface area contributed by atoms with Gasteiger partial charge in [-0.1, -0.05) is 36.4 Å². The van der Waals surface area contributed by atoms with Crippen molar-refractivity contribution in [3.05, 3.63) is 70.8 Å². The van der Waals surface area contributed by atoms with Crippen molar-refractivity contribution in [1.29, 1.82) is 0 Å². The number of ether oxygens (including phenoxy) is 2. The third kappa shape index (κ3) is 3.97. The number of carbonyl (C=O) groups is 2. The zero-order chi connectivity index (χ0) is 17.6. The normalized spacial score (nSPS) is 13.1. The van der Waals surface area contributed by atoms with Crippen LogP contribution >= 0.6 is 0 Å². The lowest BCUT2D eigenvalue weighted by Gasteiger charge is -2.12. The Hall–Kier alpha value is -2.88. The van der Waals surface area contributed by atoms with Gasteiger partial charge in [-0.3, -0.25) is 4.79 Å². The van der Waals surface area contributed by atoms with Crippen LogP contribution in [0.3, 0.4) is 0 Å². The molecule has 0 radical (unpaired) electrons. The zero-order valence-corrected chi connectivity index (χ0v) is 14.2. The van der Waals surface area contributed by atoms with E-state index in [0.29, 0.717) is 37.4 Å². The van der Waals surface area contributed by atoms with E-state index >= 15 is 0 Å². The number of hydrogen-bond donors (Lipinski definition) is 0. The number of Topliss-reactive ketones (excluding diaryl/α,β-unsaturated/α-hetero) is 1. The Labute approximate surface area is 147 Å². The van der Waals surface area contributed by atoms with Crippen LogP contribution in [-0.2, 0) is 22.6 Å². The van der Waals surface area contributed by atoms with Gasteiger partial charge in [-0.2, -0.15) is 0 Å². The van der Waals surface area contributed by atoms with Crippen LogP contribution in [0.1, 0.15) is 40.4 Å². The van der Waals surface area contributed by atoms with E-state index in [9.17, 15) is 9.59 Å². The van der Waals surface area contributed by atoms with E-state index in [1.807, 2.05) is 36.4 Å². The largest absolute Gasteiger partial charge is 0.488 e. The van der Waals surface area contributed by atoms with E-state index in [0.717, 1.165) is 16.7 Å². The second-order valence-corrected chi connectivity index (χ2v) is 5.79. The summed E-state index contributed by atoms with van der Waals surface area (Å²) in [4.78, 5) is 23.8. The molecule has 4 nitrogen and oxygen atoms in total. The summed E-state index contributed by atoms with van der Waals surface area (Å²) in [5.41, 5.74) is 3.49. The number of carbonyl (C=O) groups excluding carboxylic acids is 2. The Morgan fingerprint density at radius 1 is 1.12 bits per heavy atom. The summed E-state index contributed by atoms with van der Waals surface area (Å²) in [6.45, 7) is 2.52. The van der Waals surface area contributed by atoms with Crippen LogP contribution in [0.25, 0.3) is 6.08 Å². The van der Waals surface area contributed by atoms with Gasteiger partial charge in [-0.25, -0.2) is 4.79 Å². The summed E-state index contributed by atoms with van der Waals surface area (Å²) in [6.07, 6.45) is 4.24. The summed E-state index contributed by atoms with van der Waals surface area (Å²) in [6, 6.07) is 13.5. The topological polar surface area (TPSA) is 52.6 Å². The van der Waals surface area contributed by atoms with Crippen LogP contribution < -0.4 is 4.74 Å². The van der Waals surface area contributed by atoms with Crippen LogP contribution in [0.15, 0.2) is 48.5 Å². The maximum atomic E-state index is 12.3. The molecule has 25 heavy (non-hydrogen) atoms. The first kappa shape index (κ1) is 17.0. The van der Waals surface area contributed by atoms with Gasteiger partial charge in [0.1, 0.15) is 12.4 Å². The van der Waals surface area contributed by atoms with E-state index in [1.54, 1.807) is 19.1 Å². The summed E-state index contributed by atoms with van der Waals surface area (Å²) >= 11 is 0. The molecule has 3 rings (SSSR count). The minimum absolute atomic E-state index is 0.0875. The number of esters is 1. The molecule has 2 aromatic rings. The fourth-order valence-electron chi connectivity index (χ4n) is 2.94. The maximum absolute atomic E-state index is 12.3. The van der Waals surface area contributed by atoms with Crippen molar-refractivity contribution < 1.29 is 19.1 Å². The zero-order valence-electron chi connectivity index (χ0n) is 14.2.